The zero-order chi connectivity index (χ0) is 22.7. The van der Waals surface area contributed by atoms with E-state index in [9.17, 15) is 9.90 Å². The summed E-state index contributed by atoms with van der Waals surface area (Å²) in [6.07, 6.45) is 4.51. The molecular formula is C29H31NO3. The molecule has 3 aromatic rings. The number of aliphatic hydroxyl groups is 1. The number of amides is 1. The molecule has 2 atom stereocenters. The van der Waals surface area contributed by atoms with Crippen molar-refractivity contribution in [2.24, 2.45) is 0 Å². The second kappa shape index (κ2) is 9.40. The Balaban J connectivity index is 1.24. The van der Waals surface area contributed by atoms with Gasteiger partial charge in [-0.2, -0.15) is 0 Å². The van der Waals surface area contributed by atoms with Crippen molar-refractivity contribution in [2.45, 2.75) is 62.8 Å². The molecule has 4 nitrogen and oxygen atoms in total. The number of hydrogen-bond donors (Lipinski definition) is 1. The van der Waals surface area contributed by atoms with Crippen molar-refractivity contribution in [3.05, 3.63) is 96.1 Å². The van der Waals surface area contributed by atoms with Gasteiger partial charge in [0.05, 0.1) is 5.60 Å². The van der Waals surface area contributed by atoms with Gasteiger partial charge >= 0.3 is 6.09 Å². The van der Waals surface area contributed by atoms with Crippen LogP contribution in [-0.4, -0.2) is 33.8 Å². The van der Waals surface area contributed by atoms with E-state index in [-0.39, 0.29) is 24.8 Å². The molecule has 3 aromatic carbocycles. The van der Waals surface area contributed by atoms with Crippen LogP contribution in [0.4, 0.5) is 4.79 Å². The minimum atomic E-state index is -0.791. The highest BCUT2D eigenvalue weighted by molar-refractivity contribution is 5.69. The molecule has 2 bridgehead atoms. The first kappa shape index (κ1) is 21.7. The zero-order valence-electron chi connectivity index (χ0n) is 18.9. The Morgan fingerprint density at radius 2 is 1.39 bits per heavy atom. The van der Waals surface area contributed by atoms with Crippen LogP contribution in [0.25, 0.3) is 11.1 Å². The summed E-state index contributed by atoms with van der Waals surface area (Å²) in [6.45, 7) is 0.285. The fraction of sp³-hybridized carbons (Fsp3) is 0.345. The van der Waals surface area contributed by atoms with Gasteiger partial charge < -0.3 is 14.7 Å². The predicted octanol–water partition coefficient (Wildman–Crippen LogP) is 5.98. The molecule has 0 saturated carbocycles. The summed E-state index contributed by atoms with van der Waals surface area (Å²) >= 11 is 0. The zero-order valence-corrected chi connectivity index (χ0v) is 18.9. The summed E-state index contributed by atoms with van der Waals surface area (Å²) < 4.78 is 5.65. The van der Waals surface area contributed by atoms with Gasteiger partial charge in [-0.25, -0.2) is 4.79 Å². The van der Waals surface area contributed by atoms with Crippen molar-refractivity contribution >= 4 is 6.09 Å². The molecule has 0 aromatic heterocycles. The number of hydrogen-bond acceptors (Lipinski definition) is 3. The molecule has 2 fully saturated rings. The molecule has 2 saturated heterocycles. The van der Waals surface area contributed by atoms with Crippen molar-refractivity contribution in [1.82, 2.24) is 4.90 Å². The first-order chi connectivity index (χ1) is 16.1. The lowest BCUT2D eigenvalue weighted by molar-refractivity contribution is -0.0845. The van der Waals surface area contributed by atoms with Crippen LogP contribution in [0.5, 0.6) is 0 Å². The Morgan fingerprint density at radius 3 is 2.03 bits per heavy atom. The predicted molar refractivity (Wildman–Crippen MR) is 130 cm³/mol. The van der Waals surface area contributed by atoms with Crippen molar-refractivity contribution in [2.75, 3.05) is 0 Å². The lowest BCUT2D eigenvalue weighted by atomic mass is 9.73. The van der Waals surface area contributed by atoms with Crippen molar-refractivity contribution in [1.29, 1.82) is 0 Å². The maximum absolute atomic E-state index is 12.9. The Morgan fingerprint density at radius 1 is 0.818 bits per heavy atom. The highest BCUT2D eigenvalue weighted by Crippen LogP contribution is 2.41. The lowest BCUT2D eigenvalue weighted by Gasteiger charge is -2.51. The van der Waals surface area contributed by atoms with Crippen LogP contribution in [0, 0.1) is 0 Å². The number of ether oxygens (including phenoxy) is 1. The molecule has 2 heterocycles. The average molecular weight is 442 g/mol. The van der Waals surface area contributed by atoms with E-state index in [1.54, 1.807) is 0 Å². The third-order valence-corrected chi connectivity index (χ3v) is 7.10. The molecule has 5 rings (SSSR count). The Kier molecular flexibility index (Phi) is 6.19. The minimum Gasteiger partial charge on any atom is -0.445 e. The van der Waals surface area contributed by atoms with Gasteiger partial charge in [0.1, 0.15) is 6.61 Å². The summed E-state index contributed by atoms with van der Waals surface area (Å²) in [5, 5.41) is 11.5. The lowest BCUT2D eigenvalue weighted by Crippen LogP contribution is -2.60. The topological polar surface area (TPSA) is 49.8 Å². The van der Waals surface area contributed by atoms with E-state index >= 15 is 0 Å². The van der Waals surface area contributed by atoms with Crippen LogP contribution in [0.1, 0.15) is 43.2 Å². The van der Waals surface area contributed by atoms with E-state index in [1.165, 1.54) is 11.1 Å². The monoisotopic (exact) mass is 441 g/mol. The molecule has 2 aliphatic heterocycles. The summed E-state index contributed by atoms with van der Waals surface area (Å²) in [4.78, 5) is 14.9. The van der Waals surface area contributed by atoms with E-state index in [4.69, 9.17) is 4.74 Å². The van der Waals surface area contributed by atoms with Crippen LogP contribution in [0.3, 0.4) is 0 Å². The molecule has 2 aliphatic rings. The van der Waals surface area contributed by atoms with E-state index < -0.39 is 5.60 Å². The largest absolute Gasteiger partial charge is 0.445 e. The molecule has 0 radical (unpaired) electrons. The molecule has 170 valence electrons. The minimum absolute atomic E-state index is 0.0364. The van der Waals surface area contributed by atoms with Crippen LogP contribution in [-0.2, 0) is 17.8 Å². The number of benzene rings is 3. The molecule has 4 heteroatoms. The van der Waals surface area contributed by atoms with Crippen molar-refractivity contribution in [3.8, 4) is 11.1 Å². The van der Waals surface area contributed by atoms with Gasteiger partial charge in [-0.1, -0.05) is 84.9 Å². The standard InChI is InChI=1S/C29H31NO3/c31-28(33-21-23-8-3-1-4-9-23)30-26-12-7-13-27(30)20-29(32,19-26)18-22-14-16-25(17-15-22)24-10-5-2-6-11-24/h1-6,8-11,14-17,26-27,32H,7,12-13,18-21H2. The summed E-state index contributed by atoms with van der Waals surface area (Å²) in [5.41, 5.74) is 3.71. The molecule has 1 amide bonds. The number of carbonyl (C=O) groups is 1. The first-order valence-electron chi connectivity index (χ1n) is 12.0. The molecule has 1 N–H and O–H groups in total. The Labute approximate surface area is 195 Å². The second-order valence-corrected chi connectivity index (χ2v) is 9.56. The molecule has 33 heavy (non-hydrogen) atoms. The molecule has 2 unspecified atom stereocenters. The van der Waals surface area contributed by atoms with Crippen LogP contribution >= 0.6 is 0 Å². The maximum atomic E-state index is 12.9. The quantitative estimate of drug-likeness (QED) is 0.530. The third-order valence-electron chi connectivity index (χ3n) is 7.10. The average Bonchev–Trinajstić information content (AvgIpc) is 2.83. The number of nitrogens with zero attached hydrogens (tertiary/aromatic N) is 1. The second-order valence-electron chi connectivity index (χ2n) is 9.56. The number of rotatable bonds is 5. The Bertz CT molecular complexity index is 1050. The number of carbonyl (C=O) groups excluding carboxylic acids is 1. The van der Waals surface area contributed by atoms with Gasteiger partial charge in [0.25, 0.3) is 0 Å². The highest BCUT2D eigenvalue weighted by Gasteiger charge is 2.47. The van der Waals surface area contributed by atoms with E-state index in [1.807, 2.05) is 53.4 Å². The molecular weight excluding hydrogens is 410 g/mol. The third kappa shape index (κ3) is 4.96. The van der Waals surface area contributed by atoms with Gasteiger partial charge in [-0.15, -0.1) is 0 Å². The van der Waals surface area contributed by atoms with Gasteiger partial charge in [0.15, 0.2) is 0 Å². The Hall–Kier alpha value is -3.11. The van der Waals surface area contributed by atoms with E-state index in [0.717, 1.165) is 30.4 Å². The van der Waals surface area contributed by atoms with Crippen LogP contribution in [0.2, 0.25) is 0 Å². The van der Waals surface area contributed by atoms with Gasteiger partial charge in [0.2, 0.25) is 0 Å². The van der Waals surface area contributed by atoms with Gasteiger partial charge in [0, 0.05) is 18.5 Å². The molecule has 0 spiro atoms. The highest BCUT2D eigenvalue weighted by atomic mass is 16.6. The van der Waals surface area contributed by atoms with Crippen LogP contribution < -0.4 is 0 Å². The van der Waals surface area contributed by atoms with E-state index in [0.29, 0.717) is 19.3 Å². The molecule has 0 aliphatic carbocycles. The first-order valence-corrected chi connectivity index (χ1v) is 12.0. The normalized spacial score (nSPS) is 24.3. The smallest absolute Gasteiger partial charge is 0.410 e. The van der Waals surface area contributed by atoms with Crippen molar-refractivity contribution in [3.63, 3.8) is 0 Å². The van der Waals surface area contributed by atoms with Crippen molar-refractivity contribution < 1.29 is 14.6 Å². The van der Waals surface area contributed by atoms with Crippen LogP contribution in [0.15, 0.2) is 84.9 Å². The SMILES string of the molecule is O=C(OCc1ccccc1)N1C2CCCC1CC(O)(Cc1ccc(-c3ccccc3)cc1)C2. The summed E-state index contributed by atoms with van der Waals surface area (Å²) in [6, 6.07) is 28.7. The number of piperidine rings is 2. The van der Waals surface area contributed by atoms with E-state index in [2.05, 4.69) is 36.4 Å². The fourth-order valence-corrected chi connectivity index (χ4v) is 5.59. The fourth-order valence-electron chi connectivity index (χ4n) is 5.59. The van der Waals surface area contributed by atoms with Gasteiger partial charge in [-0.3, -0.25) is 0 Å². The summed E-state index contributed by atoms with van der Waals surface area (Å²) in [7, 11) is 0. The maximum Gasteiger partial charge on any atom is 0.410 e. The summed E-state index contributed by atoms with van der Waals surface area (Å²) in [5.74, 6) is 0. The number of fused-ring (bicyclic) bond motifs is 2. The van der Waals surface area contributed by atoms with Gasteiger partial charge in [-0.05, 0) is 54.4 Å².